The molecule has 1 N–H and O–H groups in total. The van der Waals surface area contributed by atoms with Crippen LogP contribution in [-0.2, 0) is 0 Å². The maximum absolute atomic E-state index is 12.2. The molecule has 0 fully saturated rings. The van der Waals surface area contributed by atoms with E-state index in [1.54, 1.807) is 24.9 Å². The van der Waals surface area contributed by atoms with Gasteiger partial charge in [-0.25, -0.2) is 0 Å². The lowest BCUT2D eigenvalue weighted by Gasteiger charge is -2.04. The van der Waals surface area contributed by atoms with Crippen LogP contribution in [-0.4, -0.2) is 30.5 Å². The standard InChI is InChI=1S/C20H20N2O3S/c1-24-18-11-6-5-10-16(18)19-14-17(22-25-19)20(23)21-12-7-13-26-15-8-3-2-4-9-15/h2-6,8-11,14H,7,12-13H2,1H3,(H,21,23). The van der Waals surface area contributed by atoms with Crippen molar-refractivity contribution in [3.05, 3.63) is 66.4 Å². The van der Waals surface area contributed by atoms with Gasteiger partial charge < -0.3 is 14.6 Å². The van der Waals surface area contributed by atoms with E-state index in [1.807, 2.05) is 42.5 Å². The average Bonchev–Trinajstić information content (AvgIpc) is 3.18. The van der Waals surface area contributed by atoms with Crippen molar-refractivity contribution in [2.75, 3.05) is 19.4 Å². The van der Waals surface area contributed by atoms with E-state index in [4.69, 9.17) is 9.26 Å². The van der Waals surface area contributed by atoms with Crippen molar-refractivity contribution in [2.45, 2.75) is 11.3 Å². The number of aromatic nitrogens is 1. The third-order valence-electron chi connectivity index (χ3n) is 3.73. The number of nitrogens with zero attached hydrogens (tertiary/aromatic N) is 1. The van der Waals surface area contributed by atoms with Gasteiger partial charge in [0, 0.05) is 17.5 Å². The molecule has 26 heavy (non-hydrogen) atoms. The summed E-state index contributed by atoms with van der Waals surface area (Å²) in [5.41, 5.74) is 1.03. The zero-order valence-corrected chi connectivity index (χ0v) is 15.3. The molecule has 0 aliphatic rings. The molecular formula is C20H20N2O3S. The summed E-state index contributed by atoms with van der Waals surface area (Å²) in [6.45, 7) is 0.593. The second-order valence-corrected chi connectivity index (χ2v) is 6.72. The molecule has 1 amide bonds. The number of amides is 1. The Morgan fingerprint density at radius 3 is 2.73 bits per heavy atom. The molecule has 0 spiro atoms. The minimum absolute atomic E-state index is 0.236. The molecule has 0 saturated carbocycles. The minimum atomic E-state index is -0.236. The Morgan fingerprint density at radius 1 is 1.15 bits per heavy atom. The van der Waals surface area contributed by atoms with Crippen molar-refractivity contribution >= 4 is 17.7 Å². The molecule has 0 saturated heterocycles. The molecule has 5 nitrogen and oxygen atoms in total. The fraction of sp³-hybridized carbons (Fsp3) is 0.200. The van der Waals surface area contributed by atoms with E-state index in [9.17, 15) is 4.79 Å². The first-order valence-corrected chi connectivity index (χ1v) is 9.32. The van der Waals surface area contributed by atoms with Gasteiger partial charge in [-0.15, -0.1) is 11.8 Å². The summed E-state index contributed by atoms with van der Waals surface area (Å²) in [7, 11) is 1.59. The van der Waals surface area contributed by atoms with Gasteiger partial charge in [0.15, 0.2) is 11.5 Å². The van der Waals surface area contributed by atoms with Crippen LogP contribution in [0.15, 0.2) is 70.1 Å². The number of carbonyl (C=O) groups excluding carboxylic acids is 1. The topological polar surface area (TPSA) is 64.4 Å². The zero-order valence-electron chi connectivity index (χ0n) is 14.5. The first kappa shape index (κ1) is 18.1. The van der Waals surface area contributed by atoms with Gasteiger partial charge in [-0.3, -0.25) is 4.79 Å². The summed E-state index contributed by atoms with van der Waals surface area (Å²) in [5, 5.41) is 6.74. The van der Waals surface area contributed by atoms with Crippen LogP contribution >= 0.6 is 11.8 Å². The predicted molar refractivity (Wildman–Crippen MR) is 103 cm³/mol. The molecule has 3 aromatic rings. The molecule has 0 aliphatic carbocycles. The van der Waals surface area contributed by atoms with Gasteiger partial charge in [0.1, 0.15) is 5.75 Å². The molecule has 3 rings (SSSR count). The second kappa shape index (κ2) is 9.10. The number of para-hydroxylation sites is 1. The van der Waals surface area contributed by atoms with Gasteiger partial charge >= 0.3 is 0 Å². The lowest BCUT2D eigenvalue weighted by atomic mass is 10.1. The molecule has 0 unspecified atom stereocenters. The Bertz CT molecular complexity index is 849. The number of carbonyl (C=O) groups is 1. The first-order chi connectivity index (χ1) is 12.8. The molecule has 2 aromatic carbocycles. The van der Waals surface area contributed by atoms with E-state index in [-0.39, 0.29) is 11.6 Å². The fourth-order valence-corrected chi connectivity index (χ4v) is 3.30. The smallest absolute Gasteiger partial charge is 0.273 e. The van der Waals surface area contributed by atoms with Gasteiger partial charge in [0.05, 0.1) is 12.7 Å². The Balaban J connectivity index is 1.49. The first-order valence-electron chi connectivity index (χ1n) is 8.34. The van der Waals surface area contributed by atoms with Crippen molar-refractivity contribution in [3.8, 4) is 17.1 Å². The highest BCUT2D eigenvalue weighted by Gasteiger charge is 2.15. The molecule has 6 heteroatoms. The lowest BCUT2D eigenvalue weighted by Crippen LogP contribution is -2.25. The molecule has 0 bridgehead atoms. The minimum Gasteiger partial charge on any atom is -0.496 e. The van der Waals surface area contributed by atoms with Crippen molar-refractivity contribution in [1.82, 2.24) is 10.5 Å². The number of thioether (sulfide) groups is 1. The monoisotopic (exact) mass is 368 g/mol. The number of methoxy groups -OCH3 is 1. The average molecular weight is 368 g/mol. The highest BCUT2D eigenvalue weighted by Crippen LogP contribution is 2.29. The molecule has 0 aliphatic heterocycles. The molecule has 1 aromatic heterocycles. The van der Waals surface area contributed by atoms with Crippen LogP contribution in [0.2, 0.25) is 0 Å². The van der Waals surface area contributed by atoms with E-state index >= 15 is 0 Å². The second-order valence-electron chi connectivity index (χ2n) is 5.55. The van der Waals surface area contributed by atoms with Crippen molar-refractivity contribution in [2.24, 2.45) is 0 Å². The third kappa shape index (κ3) is 4.67. The van der Waals surface area contributed by atoms with E-state index in [0.29, 0.717) is 18.1 Å². The van der Waals surface area contributed by atoms with E-state index in [2.05, 4.69) is 22.6 Å². The maximum Gasteiger partial charge on any atom is 0.273 e. The van der Waals surface area contributed by atoms with Crippen LogP contribution in [0.5, 0.6) is 5.75 Å². The number of rotatable bonds is 8. The maximum atomic E-state index is 12.2. The highest BCUT2D eigenvalue weighted by molar-refractivity contribution is 7.99. The normalized spacial score (nSPS) is 10.5. The number of benzene rings is 2. The molecule has 0 radical (unpaired) electrons. The van der Waals surface area contributed by atoms with E-state index < -0.39 is 0 Å². The van der Waals surface area contributed by atoms with Gasteiger partial charge in [-0.1, -0.05) is 35.5 Å². The van der Waals surface area contributed by atoms with E-state index in [0.717, 1.165) is 17.7 Å². The SMILES string of the molecule is COc1ccccc1-c1cc(C(=O)NCCCSc2ccccc2)no1. The number of hydrogen-bond donors (Lipinski definition) is 1. The summed E-state index contributed by atoms with van der Waals surface area (Å²) in [4.78, 5) is 13.4. The van der Waals surface area contributed by atoms with Crippen LogP contribution in [0.4, 0.5) is 0 Å². The highest BCUT2D eigenvalue weighted by atomic mass is 32.2. The fourth-order valence-electron chi connectivity index (χ4n) is 2.43. The lowest BCUT2D eigenvalue weighted by molar-refractivity contribution is 0.0945. The summed E-state index contributed by atoms with van der Waals surface area (Å²) in [6.07, 6.45) is 0.877. The predicted octanol–water partition coefficient (Wildman–Crippen LogP) is 4.26. The van der Waals surface area contributed by atoms with Crippen molar-refractivity contribution in [1.29, 1.82) is 0 Å². The molecule has 1 heterocycles. The number of hydrogen-bond acceptors (Lipinski definition) is 5. The Labute approximate surface area is 156 Å². The van der Waals surface area contributed by atoms with Crippen LogP contribution < -0.4 is 10.1 Å². The largest absolute Gasteiger partial charge is 0.496 e. The number of ether oxygens (including phenoxy) is 1. The Hall–Kier alpha value is -2.73. The van der Waals surface area contributed by atoms with E-state index in [1.165, 1.54) is 4.90 Å². The summed E-state index contributed by atoms with van der Waals surface area (Å²) in [5.74, 6) is 1.88. The van der Waals surface area contributed by atoms with Crippen LogP contribution in [0, 0.1) is 0 Å². The Morgan fingerprint density at radius 2 is 1.92 bits per heavy atom. The summed E-state index contributed by atoms with van der Waals surface area (Å²) in [6, 6.07) is 19.3. The third-order valence-corrected chi connectivity index (χ3v) is 4.83. The Kier molecular flexibility index (Phi) is 6.33. The molecular weight excluding hydrogens is 348 g/mol. The van der Waals surface area contributed by atoms with Crippen molar-refractivity contribution in [3.63, 3.8) is 0 Å². The number of nitrogens with one attached hydrogen (secondary N) is 1. The summed E-state index contributed by atoms with van der Waals surface area (Å²) < 4.78 is 10.6. The quantitative estimate of drug-likeness (QED) is 0.475. The van der Waals surface area contributed by atoms with Gasteiger partial charge in [0.2, 0.25) is 0 Å². The van der Waals surface area contributed by atoms with Gasteiger partial charge in [-0.05, 0) is 36.4 Å². The van der Waals surface area contributed by atoms with Gasteiger partial charge in [-0.2, -0.15) is 0 Å². The van der Waals surface area contributed by atoms with Crippen LogP contribution in [0.25, 0.3) is 11.3 Å². The van der Waals surface area contributed by atoms with Gasteiger partial charge in [0.25, 0.3) is 5.91 Å². The van der Waals surface area contributed by atoms with Crippen molar-refractivity contribution < 1.29 is 14.1 Å². The summed E-state index contributed by atoms with van der Waals surface area (Å²) >= 11 is 1.77. The van der Waals surface area contributed by atoms with Crippen LogP contribution in [0.1, 0.15) is 16.9 Å². The molecule has 134 valence electrons. The van der Waals surface area contributed by atoms with Crippen LogP contribution in [0.3, 0.4) is 0 Å². The zero-order chi connectivity index (χ0) is 18.2. The molecule has 0 atom stereocenters.